The van der Waals surface area contributed by atoms with Crippen LogP contribution in [-0.2, 0) is 5.54 Å². The van der Waals surface area contributed by atoms with Gasteiger partial charge in [-0.15, -0.1) is 0 Å². The predicted molar refractivity (Wildman–Crippen MR) is 49.7 cm³/mol. The van der Waals surface area contributed by atoms with Crippen molar-refractivity contribution in [1.82, 2.24) is 4.90 Å². The van der Waals surface area contributed by atoms with Gasteiger partial charge in [-0.2, -0.15) is 0 Å². The molecule has 0 unspecified atom stereocenters. The van der Waals surface area contributed by atoms with Gasteiger partial charge in [0, 0.05) is 17.7 Å². The highest BCUT2D eigenvalue weighted by Gasteiger charge is 2.22. The Kier molecular flexibility index (Phi) is 2.48. The molecular weight excluding hydrogens is 148 g/mol. The number of nitrogens with zero attached hydrogens (tertiary/aromatic N) is 1. The number of aromatic nitrogens is 1. The third-order valence-corrected chi connectivity index (χ3v) is 2.54. The van der Waals surface area contributed by atoms with Gasteiger partial charge in [0.1, 0.15) is 0 Å². The highest BCUT2D eigenvalue weighted by Crippen LogP contribution is 2.23. The molecule has 0 aliphatic carbocycles. The molecule has 12 heavy (non-hydrogen) atoms. The number of nitrogens with one attached hydrogen (secondary N) is 1. The third-order valence-electron chi connectivity index (χ3n) is 2.54. The Morgan fingerprint density at radius 2 is 1.67 bits per heavy atom. The summed E-state index contributed by atoms with van der Waals surface area (Å²) in [5, 5.41) is 0. The second-order valence-electron chi connectivity index (χ2n) is 3.74. The number of rotatable bonds is 2. The molecule has 0 atom stereocenters. The van der Waals surface area contributed by atoms with Gasteiger partial charge >= 0.3 is 0 Å². The molecule has 1 N–H and O–H groups in total. The maximum atomic E-state index is 3.03. The van der Waals surface area contributed by atoms with E-state index in [1.54, 1.807) is 0 Å². The van der Waals surface area contributed by atoms with Crippen molar-refractivity contribution in [3.05, 3.63) is 30.1 Å². The van der Waals surface area contributed by atoms with Gasteiger partial charge < -0.3 is 4.90 Å². The fraction of sp³-hybridized carbons (Fsp3) is 0.500. The summed E-state index contributed by atoms with van der Waals surface area (Å²) < 4.78 is 0. The summed E-state index contributed by atoms with van der Waals surface area (Å²) in [7, 11) is 4.19. The maximum Gasteiger partial charge on any atom is 0.167 e. The molecule has 1 aromatic heterocycles. The first-order chi connectivity index (χ1) is 5.55. The van der Waals surface area contributed by atoms with Crippen molar-refractivity contribution in [2.24, 2.45) is 0 Å². The molecular formula is C10H17N2+. The number of aromatic amines is 1. The quantitative estimate of drug-likeness (QED) is 0.645. The van der Waals surface area contributed by atoms with Crippen LogP contribution < -0.4 is 4.98 Å². The molecule has 0 bridgehead atoms. The molecule has 1 heterocycles. The van der Waals surface area contributed by atoms with Crippen molar-refractivity contribution >= 4 is 0 Å². The minimum atomic E-state index is 0.106. The molecule has 1 aromatic rings. The van der Waals surface area contributed by atoms with Crippen molar-refractivity contribution in [2.45, 2.75) is 19.4 Å². The maximum absolute atomic E-state index is 3.03. The minimum Gasteiger partial charge on any atom is -0.300 e. The molecule has 1 rings (SSSR count). The van der Waals surface area contributed by atoms with Crippen molar-refractivity contribution in [3.63, 3.8) is 0 Å². The standard InChI is InChI=1S/C10H16N2/c1-10(2,12(3)4)9-5-7-11-8-6-9/h5-8H,1-4H3/p+1. The fourth-order valence-electron chi connectivity index (χ4n) is 1.05. The van der Waals surface area contributed by atoms with Gasteiger partial charge in [0.2, 0.25) is 0 Å². The zero-order chi connectivity index (χ0) is 9.19. The molecule has 0 spiro atoms. The van der Waals surface area contributed by atoms with Gasteiger partial charge in [-0.25, -0.2) is 4.98 Å². The zero-order valence-electron chi connectivity index (χ0n) is 8.26. The molecule has 2 heteroatoms. The number of pyridine rings is 1. The molecule has 0 saturated carbocycles. The van der Waals surface area contributed by atoms with Gasteiger partial charge in [-0.3, -0.25) is 0 Å². The fourth-order valence-corrected chi connectivity index (χ4v) is 1.05. The van der Waals surface area contributed by atoms with E-state index in [2.05, 4.69) is 50.0 Å². The second-order valence-corrected chi connectivity index (χ2v) is 3.74. The van der Waals surface area contributed by atoms with Crippen LogP contribution in [0.1, 0.15) is 19.4 Å². The minimum absolute atomic E-state index is 0.106. The van der Waals surface area contributed by atoms with E-state index in [0.29, 0.717) is 0 Å². The number of hydrogen-bond donors (Lipinski definition) is 0. The molecule has 0 amide bonds. The van der Waals surface area contributed by atoms with Crippen molar-refractivity contribution in [2.75, 3.05) is 14.1 Å². The molecule has 0 aliphatic rings. The summed E-state index contributed by atoms with van der Waals surface area (Å²) in [5.74, 6) is 0. The van der Waals surface area contributed by atoms with E-state index >= 15 is 0 Å². The molecule has 0 aromatic carbocycles. The average Bonchev–Trinajstić information content (AvgIpc) is 2.06. The topological polar surface area (TPSA) is 17.4 Å². The zero-order valence-corrected chi connectivity index (χ0v) is 8.26. The third kappa shape index (κ3) is 1.64. The number of hydrogen-bond acceptors (Lipinski definition) is 1. The van der Waals surface area contributed by atoms with Gasteiger partial charge in [-0.1, -0.05) is 0 Å². The molecule has 0 aliphatic heterocycles. The Balaban J connectivity index is 2.98. The summed E-state index contributed by atoms with van der Waals surface area (Å²) in [5.41, 5.74) is 1.43. The van der Waals surface area contributed by atoms with E-state index in [4.69, 9.17) is 0 Å². The van der Waals surface area contributed by atoms with Crippen molar-refractivity contribution in [1.29, 1.82) is 0 Å². The lowest BCUT2D eigenvalue weighted by Crippen LogP contribution is -2.35. The largest absolute Gasteiger partial charge is 0.300 e. The lowest BCUT2D eigenvalue weighted by Gasteiger charge is -2.32. The Morgan fingerprint density at radius 3 is 2.08 bits per heavy atom. The normalized spacial score (nSPS) is 12.1. The van der Waals surface area contributed by atoms with Gasteiger partial charge in [0.25, 0.3) is 0 Å². The van der Waals surface area contributed by atoms with E-state index in [0.717, 1.165) is 0 Å². The van der Waals surface area contributed by atoms with Crippen LogP contribution in [0.25, 0.3) is 0 Å². The first kappa shape index (κ1) is 9.20. The Bertz CT molecular complexity index is 239. The first-order valence-electron chi connectivity index (χ1n) is 4.19. The molecule has 66 valence electrons. The monoisotopic (exact) mass is 165 g/mol. The molecule has 0 radical (unpaired) electrons. The summed E-state index contributed by atoms with van der Waals surface area (Å²) in [6.07, 6.45) is 3.92. The summed E-state index contributed by atoms with van der Waals surface area (Å²) in [6, 6.07) is 4.22. The average molecular weight is 165 g/mol. The Morgan fingerprint density at radius 1 is 1.17 bits per heavy atom. The van der Waals surface area contributed by atoms with E-state index < -0.39 is 0 Å². The van der Waals surface area contributed by atoms with Crippen LogP contribution in [0.4, 0.5) is 0 Å². The Hall–Kier alpha value is -0.890. The van der Waals surface area contributed by atoms with Crippen LogP contribution in [0.2, 0.25) is 0 Å². The van der Waals surface area contributed by atoms with E-state index in [1.165, 1.54) is 5.56 Å². The van der Waals surface area contributed by atoms with Crippen molar-refractivity contribution < 1.29 is 4.98 Å². The second kappa shape index (κ2) is 3.23. The summed E-state index contributed by atoms with van der Waals surface area (Å²) in [6.45, 7) is 4.42. The van der Waals surface area contributed by atoms with Crippen LogP contribution in [0.15, 0.2) is 24.5 Å². The van der Waals surface area contributed by atoms with Crippen LogP contribution in [0.5, 0.6) is 0 Å². The van der Waals surface area contributed by atoms with Crippen LogP contribution in [-0.4, -0.2) is 19.0 Å². The van der Waals surface area contributed by atoms with Gasteiger partial charge in [0.15, 0.2) is 12.4 Å². The van der Waals surface area contributed by atoms with Crippen molar-refractivity contribution in [3.8, 4) is 0 Å². The predicted octanol–water partition coefficient (Wildman–Crippen LogP) is 1.30. The summed E-state index contributed by atoms with van der Waals surface area (Å²) >= 11 is 0. The van der Waals surface area contributed by atoms with E-state index in [9.17, 15) is 0 Å². The SMILES string of the molecule is CN(C)C(C)(C)c1cc[nH+]cc1. The van der Waals surface area contributed by atoms with E-state index in [1.807, 2.05) is 12.4 Å². The molecule has 2 nitrogen and oxygen atoms in total. The lowest BCUT2D eigenvalue weighted by atomic mass is 9.94. The Labute approximate surface area is 74.2 Å². The smallest absolute Gasteiger partial charge is 0.167 e. The van der Waals surface area contributed by atoms with Crippen LogP contribution >= 0.6 is 0 Å². The van der Waals surface area contributed by atoms with E-state index in [-0.39, 0.29) is 5.54 Å². The van der Waals surface area contributed by atoms with Gasteiger partial charge in [0.05, 0.1) is 0 Å². The number of H-pyrrole nitrogens is 1. The molecule has 0 saturated heterocycles. The summed E-state index contributed by atoms with van der Waals surface area (Å²) in [4.78, 5) is 5.24. The molecule has 0 fully saturated rings. The highest BCUT2D eigenvalue weighted by molar-refractivity contribution is 5.17. The lowest BCUT2D eigenvalue weighted by molar-refractivity contribution is -0.378. The highest BCUT2D eigenvalue weighted by atomic mass is 15.1. The first-order valence-corrected chi connectivity index (χ1v) is 4.19. The van der Waals surface area contributed by atoms with Crippen LogP contribution in [0.3, 0.4) is 0 Å². The van der Waals surface area contributed by atoms with Gasteiger partial charge in [-0.05, 0) is 33.5 Å². The van der Waals surface area contributed by atoms with Crippen LogP contribution in [0, 0.1) is 0 Å².